The lowest BCUT2D eigenvalue weighted by atomic mass is 10.2. The van der Waals surface area contributed by atoms with Crippen LogP contribution in [0.1, 0.15) is 5.69 Å². The number of halogens is 3. The molecule has 0 saturated heterocycles. The molecule has 18 heavy (non-hydrogen) atoms. The molecule has 0 aliphatic rings. The molecule has 2 rings (SSSR count). The zero-order valence-corrected chi connectivity index (χ0v) is 13.4. The lowest BCUT2D eigenvalue weighted by Gasteiger charge is -2.10. The molecule has 3 nitrogen and oxygen atoms in total. The highest BCUT2D eigenvalue weighted by atomic mass is 127. The van der Waals surface area contributed by atoms with Crippen molar-refractivity contribution < 1.29 is 0 Å². The average Bonchev–Trinajstić information content (AvgIpc) is 2.36. The van der Waals surface area contributed by atoms with Gasteiger partial charge in [0, 0.05) is 12.6 Å². The van der Waals surface area contributed by atoms with Gasteiger partial charge >= 0.3 is 0 Å². The van der Waals surface area contributed by atoms with E-state index in [9.17, 15) is 0 Å². The van der Waals surface area contributed by atoms with Crippen molar-refractivity contribution in [2.45, 2.75) is 6.92 Å². The first kappa shape index (κ1) is 13.8. The number of nitrogens with zero attached hydrogens (tertiary/aromatic N) is 2. The van der Waals surface area contributed by atoms with Gasteiger partial charge in [0.2, 0.25) is 0 Å². The summed E-state index contributed by atoms with van der Waals surface area (Å²) in [5, 5.41) is 4.02. The van der Waals surface area contributed by atoms with Crippen LogP contribution in [0, 0.1) is 10.5 Å². The van der Waals surface area contributed by atoms with Crippen molar-refractivity contribution in [1.82, 2.24) is 9.97 Å². The molecule has 0 fully saturated rings. The van der Waals surface area contributed by atoms with E-state index in [-0.39, 0.29) is 0 Å². The zero-order chi connectivity index (χ0) is 13.3. The number of nitrogens with one attached hydrogen (secondary N) is 1. The third-order valence-electron chi connectivity index (χ3n) is 2.45. The van der Waals surface area contributed by atoms with Gasteiger partial charge in [0.25, 0.3) is 0 Å². The minimum atomic E-state index is 0.474. The van der Waals surface area contributed by atoms with Gasteiger partial charge in [-0.05, 0) is 41.6 Å². The van der Waals surface area contributed by atoms with Crippen LogP contribution in [0.25, 0.3) is 11.4 Å². The van der Waals surface area contributed by atoms with Gasteiger partial charge in [-0.3, -0.25) is 0 Å². The summed E-state index contributed by atoms with van der Waals surface area (Å²) < 4.78 is 0.997. The summed E-state index contributed by atoms with van der Waals surface area (Å²) in [6, 6.07) is 5.43. The quantitative estimate of drug-likeness (QED) is 0.768. The molecular formula is C12H10Cl2IN3. The smallest absolute Gasteiger partial charge is 0.163 e. The fourth-order valence-corrected chi connectivity index (χ4v) is 2.42. The first-order valence-corrected chi connectivity index (χ1v) is 7.04. The van der Waals surface area contributed by atoms with Crippen molar-refractivity contribution in [2.75, 3.05) is 12.4 Å². The van der Waals surface area contributed by atoms with Crippen molar-refractivity contribution in [3.63, 3.8) is 0 Å². The molecule has 94 valence electrons. The normalized spacial score (nSPS) is 10.5. The predicted octanol–water partition coefficient (Wildman–Crippen LogP) is 4.41. The Morgan fingerprint density at radius 1 is 1.22 bits per heavy atom. The van der Waals surface area contributed by atoms with E-state index in [0.29, 0.717) is 15.9 Å². The van der Waals surface area contributed by atoms with Crippen LogP contribution in [0.2, 0.25) is 10.0 Å². The van der Waals surface area contributed by atoms with E-state index in [2.05, 4.69) is 37.9 Å². The lowest BCUT2D eigenvalue weighted by molar-refractivity contribution is 1.09. The molecular weight excluding hydrogens is 384 g/mol. The highest BCUT2D eigenvalue weighted by Gasteiger charge is 2.13. The van der Waals surface area contributed by atoms with Gasteiger partial charge in [-0.1, -0.05) is 29.3 Å². The molecule has 1 heterocycles. The number of aromatic nitrogens is 2. The second kappa shape index (κ2) is 5.59. The zero-order valence-electron chi connectivity index (χ0n) is 9.76. The highest BCUT2D eigenvalue weighted by molar-refractivity contribution is 14.1. The topological polar surface area (TPSA) is 37.8 Å². The van der Waals surface area contributed by atoms with E-state index >= 15 is 0 Å². The molecule has 0 atom stereocenters. The SMILES string of the molecule is CNc1nc(-c2cccc(Cl)c2Cl)nc(C)c1I. The van der Waals surface area contributed by atoms with Gasteiger partial charge < -0.3 is 5.32 Å². The van der Waals surface area contributed by atoms with E-state index in [1.165, 1.54) is 0 Å². The Morgan fingerprint density at radius 2 is 1.94 bits per heavy atom. The molecule has 1 N–H and O–H groups in total. The van der Waals surface area contributed by atoms with Crippen LogP contribution in [0.5, 0.6) is 0 Å². The van der Waals surface area contributed by atoms with Crippen molar-refractivity contribution in [3.8, 4) is 11.4 Å². The Balaban J connectivity index is 2.64. The third kappa shape index (κ3) is 2.55. The van der Waals surface area contributed by atoms with Crippen LogP contribution in [0.3, 0.4) is 0 Å². The molecule has 0 bridgehead atoms. The number of aryl methyl sites for hydroxylation is 1. The number of anilines is 1. The first-order chi connectivity index (χ1) is 8.54. The Hall–Kier alpha value is -0.590. The fraction of sp³-hybridized carbons (Fsp3) is 0.167. The monoisotopic (exact) mass is 393 g/mol. The summed E-state index contributed by atoms with van der Waals surface area (Å²) in [6.45, 7) is 1.94. The molecule has 6 heteroatoms. The maximum Gasteiger partial charge on any atom is 0.163 e. The molecule has 0 amide bonds. The second-order valence-corrected chi connectivity index (χ2v) is 5.51. The minimum absolute atomic E-state index is 0.474. The van der Waals surface area contributed by atoms with Crippen molar-refractivity contribution in [1.29, 1.82) is 0 Å². The first-order valence-electron chi connectivity index (χ1n) is 5.21. The Kier molecular flexibility index (Phi) is 4.29. The minimum Gasteiger partial charge on any atom is -0.372 e. The summed E-state index contributed by atoms with van der Waals surface area (Å²) in [6.07, 6.45) is 0. The highest BCUT2D eigenvalue weighted by Crippen LogP contribution is 2.33. The fourth-order valence-electron chi connectivity index (χ4n) is 1.52. The van der Waals surface area contributed by atoms with Crippen molar-refractivity contribution in [3.05, 3.63) is 37.5 Å². The van der Waals surface area contributed by atoms with Crippen LogP contribution in [0.15, 0.2) is 18.2 Å². The molecule has 0 radical (unpaired) electrons. The standard InChI is InChI=1S/C12H10Cl2IN3/c1-6-10(15)12(16-2)18-11(17-6)7-4-3-5-8(13)9(7)14/h3-5H,1-2H3,(H,16,17,18). The van der Waals surface area contributed by atoms with E-state index in [1.807, 2.05) is 26.1 Å². The van der Waals surface area contributed by atoms with Crippen molar-refractivity contribution in [2.24, 2.45) is 0 Å². The van der Waals surface area contributed by atoms with Crippen LogP contribution < -0.4 is 5.32 Å². The maximum absolute atomic E-state index is 6.18. The molecule has 0 spiro atoms. The van der Waals surface area contributed by atoms with Gasteiger partial charge in [0.05, 0.1) is 19.3 Å². The average molecular weight is 394 g/mol. The van der Waals surface area contributed by atoms with Gasteiger partial charge in [0.1, 0.15) is 5.82 Å². The maximum atomic E-state index is 6.18. The molecule has 0 saturated carbocycles. The number of hydrogen-bond acceptors (Lipinski definition) is 3. The van der Waals surface area contributed by atoms with Gasteiger partial charge in [-0.15, -0.1) is 0 Å². The molecule has 0 aliphatic carbocycles. The number of rotatable bonds is 2. The van der Waals surface area contributed by atoms with Crippen LogP contribution in [-0.4, -0.2) is 17.0 Å². The number of benzene rings is 1. The summed E-state index contributed by atoms with van der Waals surface area (Å²) in [7, 11) is 1.83. The van der Waals surface area contributed by atoms with E-state index in [4.69, 9.17) is 23.2 Å². The Morgan fingerprint density at radius 3 is 2.61 bits per heavy atom. The van der Waals surface area contributed by atoms with Crippen LogP contribution in [-0.2, 0) is 0 Å². The molecule has 0 unspecified atom stereocenters. The van der Waals surface area contributed by atoms with Gasteiger partial charge in [-0.2, -0.15) is 0 Å². The lowest BCUT2D eigenvalue weighted by Crippen LogP contribution is -2.03. The Bertz CT molecular complexity index is 602. The van der Waals surface area contributed by atoms with Crippen LogP contribution in [0.4, 0.5) is 5.82 Å². The summed E-state index contributed by atoms with van der Waals surface area (Å²) in [5.41, 5.74) is 1.64. The second-order valence-electron chi connectivity index (χ2n) is 3.65. The Labute approximate surface area is 129 Å². The third-order valence-corrected chi connectivity index (χ3v) is 4.56. The van der Waals surface area contributed by atoms with Crippen LogP contribution >= 0.6 is 45.8 Å². The van der Waals surface area contributed by atoms with E-state index in [0.717, 1.165) is 20.6 Å². The van der Waals surface area contributed by atoms with E-state index in [1.54, 1.807) is 6.07 Å². The molecule has 1 aromatic heterocycles. The van der Waals surface area contributed by atoms with Crippen molar-refractivity contribution >= 4 is 51.6 Å². The molecule has 0 aliphatic heterocycles. The summed E-state index contributed by atoms with van der Waals surface area (Å²) >= 11 is 14.4. The van der Waals surface area contributed by atoms with E-state index < -0.39 is 0 Å². The largest absolute Gasteiger partial charge is 0.372 e. The number of hydrogen-bond donors (Lipinski definition) is 1. The summed E-state index contributed by atoms with van der Waals surface area (Å²) in [5.74, 6) is 1.36. The predicted molar refractivity (Wildman–Crippen MR) is 84.5 cm³/mol. The molecule has 1 aromatic carbocycles. The molecule has 2 aromatic rings. The summed E-state index contributed by atoms with van der Waals surface area (Å²) in [4.78, 5) is 8.90. The van der Waals surface area contributed by atoms with Gasteiger partial charge in [0.15, 0.2) is 5.82 Å². The van der Waals surface area contributed by atoms with Gasteiger partial charge in [-0.25, -0.2) is 9.97 Å².